The smallest absolute Gasteiger partial charge is 0.229 e. The van der Waals surface area contributed by atoms with Crippen LogP contribution in [0.3, 0.4) is 0 Å². The lowest BCUT2D eigenvalue weighted by molar-refractivity contribution is 0.782. The third-order valence-electron chi connectivity index (χ3n) is 4.79. The number of rotatable bonds is 4. The van der Waals surface area contributed by atoms with E-state index in [9.17, 15) is 0 Å². The van der Waals surface area contributed by atoms with Gasteiger partial charge in [-0.05, 0) is 36.5 Å². The maximum absolute atomic E-state index is 4.82. The van der Waals surface area contributed by atoms with Crippen LogP contribution >= 0.6 is 0 Å². The van der Waals surface area contributed by atoms with Crippen LogP contribution in [0.2, 0.25) is 0 Å². The molecule has 25 heavy (non-hydrogen) atoms. The second-order valence-corrected chi connectivity index (χ2v) is 6.98. The molecule has 1 aliphatic rings. The molecule has 130 valence electrons. The molecule has 1 N–H and O–H groups in total. The van der Waals surface area contributed by atoms with E-state index in [1.54, 1.807) is 0 Å². The van der Waals surface area contributed by atoms with E-state index in [2.05, 4.69) is 53.4 Å². The molecule has 1 aliphatic heterocycles. The normalized spacial score (nSPS) is 14.6. The summed E-state index contributed by atoms with van der Waals surface area (Å²) in [7, 11) is 1.92. The van der Waals surface area contributed by atoms with Gasteiger partial charge in [0.15, 0.2) is 5.65 Å². The highest BCUT2D eigenvalue weighted by molar-refractivity contribution is 5.89. The van der Waals surface area contributed by atoms with E-state index in [4.69, 9.17) is 9.97 Å². The van der Waals surface area contributed by atoms with Gasteiger partial charge in [0.2, 0.25) is 5.95 Å². The van der Waals surface area contributed by atoms with Gasteiger partial charge >= 0.3 is 0 Å². The monoisotopic (exact) mass is 336 g/mol. The van der Waals surface area contributed by atoms with Crippen LogP contribution in [0.4, 0.5) is 17.5 Å². The SMILES string of the molecule is CC(C)c1cccc(Nc2nc(N3CCCC3)nc3c2cnn3C)c1. The Labute approximate surface area is 147 Å². The number of nitrogens with one attached hydrogen (secondary N) is 1. The second-order valence-electron chi connectivity index (χ2n) is 6.98. The summed E-state index contributed by atoms with van der Waals surface area (Å²) in [6.45, 7) is 6.44. The molecule has 0 spiro atoms. The molecule has 0 saturated carbocycles. The molecule has 2 aromatic heterocycles. The van der Waals surface area contributed by atoms with Gasteiger partial charge in [-0.2, -0.15) is 15.1 Å². The lowest BCUT2D eigenvalue weighted by Crippen LogP contribution is -2.21. The fourth-order valence-electron chi connectivity index (χ4n) is 3.28. The first-order chi connectivity index (χ1) is 12.1. The standard InChI is InChI=1S/C19H24N6/c1-13(2)14-7-6-8-15(11-14)21-17-16-12-20-24(3)18(16)23-19(22-17)25-9-4-5-10-25/h6-8,11-13H,4-5,9-10H2,1-3H3,(H,21,22,23). The van der Waals surface area contributed by atoms with E-state index >= 15 is 0 Å². The second kappa shape index (κ2) is 6.35. The Kier molecular flexibility index (Phi) is 4.03. The summed E-state index contributed by atoms with van der Waals surface area (Å²) in [6.07, 6.45) is 4.23. The van der Waals surface area contributed by atoms with Crippen LogP contribution in [0.1, 0.15) is 38.2 Å². The van der Waals surface area contributed by atoms with Gasteiger partial charge in [-0.1, -0.05) is 26.0 Å². The summed E-state index contributed by atoms with van der Waals surface area (Å²) in [5.41, 5.74) is 3.21. The van der Waals surface area contributed by atoms with Crippen molar-refractivity contribution in [1.82, 2.24) is 19.7 Å². The minimum atomic E-state index is 0.491. The average Bonchev–Trinajstić information content (AvgIpc) is 3.26. The van der Waals surface area contributed by atoms with Crippen molar-refractivity contribution < 1.29 is 0 Å². The first-order valence-electron chi connectivity index (χ1n) is 8.93. The van der Waals surface area contributed by atoms with Crippen molar-refractivity contribution in [2.75, 3.05) is 23.3 Å². The average molecular weight is 336 g/mol. The van der Waals surface area contributed by atoms with Crippen LogP contribution in [0, 0.1) is 0 Å². The molecule has 3 heterocycles. The lowest BCUT2D eigenvalue weighted by atomic mass is 10.0. The number of fused-ring (bicyclic) bond motifs is 1. The van der Waals surface area contributed by atoms with Gasteiger partial charge in [-0.15, -0.1) is 0 Å². The maximum atomic E-state index is 4.82. The van der Waals surface area contributed by atoms with Gasteiger partial charge < -0.3 is 10.2 Å². The number of aryl methyl sites for hydroxylation is 1. The first-order valence-corrected chi connectivity index (χ1v) is 8.93. The summed E-state index contributed by atoms with van der Waals surface area (Å²) in [6, 6.07) is 8.50. The quantitative estimate of drug-likeness (QED) is 0.784. The van der Waals surface area contributed by atoms with Crippen molar-refractivity contribution in [3.05, 3.63) is 36.0 Å². The zero-order valence-corrected chi connectivity index (χ0v) is 15.0. The van der Waals surface area contributed by atoms with Gasteiger partial charge in [0.05, 0.1) is 11.6 Å². The van der Waals surface area contributed by atoms with Crippen molar-refractivity contribution >= 4 is 28.5 Å². The highest BCUT2D eigenvalue weighted by atomic mass is 15.3. The zero-order chi connectivity index (χ0) is 17.4. The Bertz CT molecular complexity index is 892. The molecule has 4 rings (SSSR count). The molecule has 1 fully saturated rings. The van der Waals surface area contributed by atoms with Crippen molar-refractivity contribution in [1.29, 1.82) is 0 Å². The molecule has 0 aliphatic carbocycles. The van der Waals surface area contributed by atoms with E-state index in [-0.39, 0.29) is 0 Å². The van der Waals surface area contributed by atoms with E-state index in [1.165, 1.54) is 18.4 Å². The molecule has 6 heteroatoms. The highest BCUT2D eigenvalue weighted by Crippen LogP contribution is 2.28. The summed E-state index contributed by atoms with van der Waals surface area (Å²) < 4.78 is 1.81. The molecule has 0 atom stereocenters. The summed E-state index contributed by atoms with van der Waals surface area (Å²) >= 11 is 0. The highest BCUT2D eigenvalue weighted by Gasteiger charge is 2.19. The Morgan fingerprint density at radius 3 is 2.68 bits per heavy atom. The molecule has 0 amide bonds. The molecule has 0 radical (unpaired) electrons. The fraction of sp³-hybridized carbons (Fsp3) is 0.421. The van der Waals surface area contributed by atoms with Crippen molar-refractivity contribution in [2.24, 2.45) is 7.05 Å². The van der Waals surface area contributed by atoms with Gasteiger partial charge in [0.25, 0.3) is 0 Å². The molecule has 0 bridgehead atoms. The number of aromatic nitrogens is 4. The molecule has 1 aromatic carbocycles. The van der Waals surface area contributed by atoms with Crippen LogP contribution in [0.25, 0.3) is 11.0 Å². The van der Waals surface area contributed by atoms with Crippen LogP contribution in [0.5, 0.6) is 0 Å². The van der Waals surface area contributed by atoms with Crippen LogP contribution in [0.15, 0.2) is 30.5 Å². The van der Waals surface area contributed by atoms with E-state index in [0.717, 1.165) is 41.6 Å². The Morgan fingerprint density at radius 2 is 1.92 bits per heavy atom. The third-order valence-corrected chi connectivity index (χ3v) is 4.79. The van der Waals surface area contributed by atoms with Crippen molar-refractivity contribution in [3.63, 3.8) is 0 Å². The molecule has 3 aromatic rings. The Balaban J connectivity index is 1.76. The zero-order valence-electron chi connectivity index (χ0n) is 15.0. The lowest BCUT2D eigenvalue weighted by Gasteiger charge is -2.17. The molecule has 0 unspecified atom stereocenters. The topological polar surface area (TPSA) is 58.9 Å². The first kappa shape index (κ1) is 15.9. The van der Waals surface area contributed by atoms with Gasteiger partial charge in [-0.3, -0.25) is 4.68 Å². The molecule has 6 nitrogen and oxygen atoms in total. The minimum Gasteiger partial charge on any atom is -0.341 e. The van der Waals surface area contributed by atoms with Crippen molar-refractivity contribution in [2.45, 2.75) is 32.6 Å². The predicted octanol–water partition coefficient (Wildman–Crippen LogP) is 3.83. The third kappa shape index (κ3) is 3.04. The van der Waals surface area contributed by atoms with Crippen molar-refractivity contribution in [3.8, 4) is 0 Å². The maximum Gasteiger partial charge on any atom is 0.229 e. The Hall–Kier alpha value is -2.63. The van der Waals surface area contributed by atoms with Gasteiger partial charge in [0, 0.05) is 25.8 Å². The minimum absolute atomic E-state index is 0.491. The number of hydrogen-bond acceptors (Lipinski definition) is 5. The molecule has 1 saturated heterocycles. The number of anilines is 3. The van der Waals surface area contributed by atoms with E-state index in [1.807, 2.05) is 17.9 Å². The van der Waals surface area contributed by atoms with Crippen LogP contribution < -0.4 is 10.2 Å². The fourth-order valence-corrected chi connectivity index (χ4v) is 3.28. The summed E-state index contributed by atoms with van der Waals surface area (Å²) in [4.78, 5) is 11.8. The molecular weight excluding hydrogens is 312 g/mol. The van der Waals surface area contributed by atoms with E-state index < -0.39 is 0 Å². The number of nitrogens with zero attached hydrogens (tertiary/aromatic N) is 5. The largest absolute Gasteiger partial charge is 0.341 e. The van der Waals surface area contributed by atoms with E-state index in [0.29, 0.717) is 5.92 Å². The number of benzene rings is 1. The number of hydrogen-bond donors (Lipinski definition) is 1. The van der Waals surface area contributed by atoms with Crippen LogP contribution in [-0.2, 0) is 7.05 Å². The summed E-state index contributed by atoms with van der Waals surface area (Å²) in [5, 5.41) is 8.80. The van der Waals surface area contributed by atoms with Gasteiger partial charge in [-0.25, -0.2) is 0 Å². The van der Waals surface area contributed by atoms with Crippen LogP contribution in [-0.4, -0.2) is 32.8 Å². The summed E-state index contributed by atoms with van der Waals surface area (Å²) in [5.74, 6) is 2.10. The molecular formula is C19H24N6. The Morgan fingerprint density at radius 1 is 1.12 bits per heavy atom. The van der Waals surface area contributed by atoms with Gasteiger partial charge in [0.1, 0.15) is 5.82 Å². The predicted molar refractivity (Wildman–Crippen MR) is 102 cm³/mol.